The number of amides is 1. The summed E-state index contributed by atoms with van der Waals surface area (Å²) in [4.78, 5) is 18.8. The number of rotatable bonds is 4. The summed E-state index contributed by atoms with van der Waals surface area (Å²) in [6, 6.07) is 0. The first kappa shape index (κ1) is 14.5. The van der Waals surface area contributed by atoms with Crippen molar-refractivity contribution in [3.8, 4) is 0 Å². The van der Waals surface area contributed by atoms with E-state index in [-0.39, 0.29) is 0 Å². The first-order valence-electron chi connectivity index (χ1n) is 7.28. The van der Waals surface area contributed by atoms with Gasteiger partial charge >= 0.3 is 0 Å². The molecule has 0 N–H and O–H groups in total. The van der Waals surface area contributed by atoms with Crippen molar-refractivity contribution in [3.63, 3.8) is 0 Å². The molecule has 1 amide bonds. The van der Waals surface area contributed by atoms with Crippen molar-refractivity contribution >= 4 is 17.2 Å². The van der Waals surface area contributed by atoms with Crippen LogP contribution in [0.15, 0.2) is 5.38 Å². The second-order valence-corrected chi connectivity index (χ2v) is 6.85. The normalized spacial score (nSPS) is 20.0. The molecule has 0 spiro atoms. The molecular formula is C15H24N2OS. The van der Waals surface area contributed by atoms with E-state index in [9.17, 15) is 4.79 Å². The van der Waals surface area contributed by atoms with Crippen LogP contribution in [-0.2, 0) is 11.2 Å². The zero-order valence-electron chi connectivity index (χ0n) is 12.2. The highest BCUT2D eigenvalue weighted by Gasteiger charge is 2.20. The van der Waals surface area contributed by atoms with E-state index in [0.717, 1.165) is 36.6 Å². The average Bonchev–Trinajstić information content (AvgIpc) is 2.85. The van der Waals surface area contributed by atoms with E-state index in [1.807, 2.05) is 4.90 Å². The highest BCUT2D eigenvalue weighted by atomic mass is 32.1. The second kappa shape index (κ2) is 6.51. The third-order valence-corrected chi connectivity index (χ3v) is 4.65. The average molecular weight is 280 g/mol. The molecule has 2 heterocycles. The number of carbonyl (C=O) groups excluding carboxylic acids is 1. The number of carbonyl (C=O) groups is 1. The van der Waals surface area contributed by atoms with Gasteiger partial charge in [-0.3, -0.25) is 4.79 Å². The van der Waals surface area contributed by atoms with E-state index >= 15 is 0 Å². The van der Waals surface area contributed by atoms with E-state index in [1.54, 1.807) is 11.3 Å². The molecule has 2 rings (SSSR count). The SMILES string of the molecule is CC1CCCN(C(=O)CCc2nc(C(C)C)cs2)C1. The van der Waals surface area contributed by atoms with Crippen LogP contribution in [0.3, 0.4) is 0 Å². The van der Waals surface area contributed by atoms with Crippen LogP contribution in [-0.4, -0.2) is 28.9 Å². The van der Waals surface area contributed by atoms with Gasteiger partial charge in [0.25, 0.3) is 0 Å². The van der Waals surface area contributed by atoms with Crippen molar-refractivity contribution in [2.75, 3.05) is 13.1 Å². The summed E-state index contributed by atoms with van der Waals surface area (Å²) in [7, 11) is 0. The van der Waals surface area contributed by atoms with Gasteiger partial charge in [0.15, 0.2) is 0 Å². The van der Waals surface area contributed by atoms with Crippen LogP contribution in [0, 0.1) is 5.92 Å². The molecule has 19 heavy (non-hydrogen) atoms. The Balaban J connectivity index is 1.82. The Hall–Kier alpha value is -0.900. The highest BCUT2D eigenvalue weighted by molar-refractivity contribution is 7.09. The Morgan fingerprint density at radius 1 is 1.58 bits per heavy atom. The number of aromatic nitrogens is 1. The number of nitrogens with zero attached hydrogens (tertiary/aromatic N) is 2. The Bertz CT molecular complexity index is 428. The molecule has 1 aliphatic heterocycles. The number of aryl methyl sites for hydroxylation is 1. The molecule has 0 radical (unpaired) electrons. The van der Waals surface area contributed by atoms with Crippen LogP contribution >= 0.6 is 11.3 Å². The predicted molar refractivity (Wildman–Crippen MR) is 79.5 cm³/mol. The Labute approximate surface area is 120 Å². The number of hydrogen-bond acceptors (Lipinski definition) is 3. The van der Waals surface area contributed by atoms with Crippen molar-refractivity contribution in [3.05, 3.63) is 16.1 Å². The fourth-order valence-corrected chi connectivity index (χ4v) is 3.45. The minimum absolute atomic E-state index is 0.299. The smallest absolute Gasteiger partial charge is 0.222 e. The van der Waals surface area contributed by atoms with Crippen LogP contribution in [0.25, 0.3) is 0 Å². The standard InChI is InChI=1S/C15H24N2OS/c1-11(2)13-10-19-14(16-13)6-7-15(18)17-8-4-5-12(3)9-17/h10-12H,4-9H2,1-3H3. The van der Waals surface area contributed by atoms with Gasteiger partial charge in [0, 0.05) is 31.3 Å². The molecule has 106 valence electrons. The van der Waals surface area contributed by atoms with Gasteiger partial charge in [-0.25, -0.2) is 4.98 Å². The zero-order valence-corrected chi connectivity index (χ0v) is 13.0. The molecular weight excluding hydrogens is 256 g/mol. The van der Waals surface area contributed by atoms with Crippen LogP contribution in [0.1, 0.15) is 56.7 Å². The van der Waals surface area contributed by atoms with Crippen molar-refractivity contribution in [1.29, 1.82) is 0 Å². The number of piperidine rings is 1. The molecule has 1 saturated heterocycles. The Kier molecular flexibility index (Phi) is 4.97. The van der Waals surface area contributed by atoms with Gasteiger partial charge in [-0.15, -0.1) is 11.3 Å². The number of hydrogen-bond donors (Lipinski definition) is 0. The molecule has 0 saturated carbocycles. The van der Waals surface area contributed by atoms with Crippen molar-refractivity contribution in [2.45, 2.75) is 52.4 Å². The molecule has 1 unspecified atom stereocenters. The minimum Gasteiger partial charge on any atom is -0.342 e. The van der Waals surface area contributed by atoms with E-state index in [1.165, 1.54) is 6.42 Å². The maximum Gasteiger partial charge on any atom is 0.222 e. The van der Waals surface area contributed by atoms with Gasteiger partial charge in [-0.2, -0.15) is 0 Å². The van der Waals surface area contributed by atoms with Crippen LogP contribution in [0.5, 0.6) is 0 Å². The van der Waals surface area contributed by atoms with Gasteiger partial charge in [0.2, 0.25) is 5.91 Å². The minimum atomic E-state index is 0.299. The van der Waals surface area contributed by atoms with Gasteiger partial charge < -0.3 is 4.90 Å². The summed E-state index contributed by atoms with van der Waals surface area (Å²) in [5, 5.41) is 3.22. The molecule has 1 aliphatic rings. The molecule has 3 nitrogen and oxygen atoms in total. The van der Waals surface area contributed by atoms with Crippen LogP contribution < -0.4 is 0 Å². The van der Waals surface area contributed by atoms with Crippen LogP contribution in [0.2, 0.25) is 0 Å². The fraction of sp³-hybridized carbons (Fsp3) is 0.733. The second-order valence-electron chi connectivity index (χ2n) is 5.91. The quantitative estimate of drug-likeness (QED) is 0.846. The maximum atomic E-state index is 12.2. The van der Waals surface area contributed by atoms with E-state index < -0.39 is 0 Å². The van der Waals surface area contributed by atoms with Gasteiger partial charge in [-0.1, -0.05) is 20.8 Å². The van der Waals surface area contributed by atoms with E-state index in [2.05, 4.69) is 31.1 Å². The number of likely N-dealkylation sites (tertiary alicyclic amines) is 1. The summed E-state index contributed by atoms with van der Waals surface area (Å²) in [5.41, 5.74) is 1.15. The van der Waals surface area contributed by atoms with Crippen molar-refractivity contribution in [2.24, 2.45) is 5.92 Å². The Morgan fingerprint density at radius 2 is 2.37 bits per heavy atom. The maximum absolute atomic E-state index is 12.2. The zero-order chi connectivity index (χ0) is 13.8. The first-order chi connectivity index (χ1) is 9.06. The first-order valence-corrected chi connectivity index (χ1v) is 8.16. The van der Waals surface area contributed by atoms with E-state index in [0.29, 0.717) is 24.2 Å². The summed E-state index contributed by atoms with van der Waals surface area (Å²) in [6.45, 7) is 8.42. The molecule has 1 aromatic rings. The molecule has 4 heteroatoms. The summed E-state index contributed by atoms with van der Waals surface area (Å²) in [6.07, 6.45) is 3.81. The Morgan fingerprint density at radius 3 is 3.00 bits per heavy atom. The lowest BCUT2D eigenvalue weighted by atomic mass is 10.00. The third kappa shape index (κ3) is 4.03. The largest absolute Gasteiger partial charge is 0.342 e. The summed E-state index contributed by atoms with van der Waals surface area (Å²) in [5.74, 6) is 1.43. The van der Waals surface area contributed by atoms with Crippen molar-refractivity contribution < 1.29 is 4.79 Å². The lowest BCUT2D eigenvalue weighted by Gasteiger charge is -2.30. The lowest BCUT2D eigenvalue weighted by Crippen LogP contribution is -2.39. The number of thiazole rings is 1. The lowest BCUT2D eigenvalue weighted by molar-refractivity contribution is -0.132. The molecule has 1 aromatic heterocycles. The molecule has 0 aromatic carbocycles. The topological polar surface area (TPSA) is 33.2 Å². The summed E-state index contributed by atoms with van der Waals surface area (Å²) < 4.78 is 0. The van der Waals surface area contributed by atoms with Gasteiger partial charge in [0.1, 0.15) is 0 Å². The molecule has 1 atom stereocenters. The van der Waals surface area contributed by atoms with Gasteiger partial charge in [0.05, 0.1) is 10.7 Å². The van der Waals surface area contributed by atoms with Crippen molar-refractivity contribution in [1.82, 2.24) is 9.88 Å². The molecule has 0 aliphatic carbocycles. The molecule has 1 fully saturated rings. The fourth-order valence-electron chi connectivity index (χ4n) is 2.49. The van der Waals surface area contributed by atoms with E-state index in [4.69, 9.17) is 0 Å². The monoisotopic (exact) mass is 280 g/mol. The van der Waals surface area contributed by atoms with Crippen LogP contribution in [0.4, 0.5) is 0 Å². The highest BCUT2D eigenvalue weighted by Crippen LogP contribution is 2.20. The third-order valence-electron chi connectivity index (χ3n) is 3.72. The molecule has 0 bridgehead atoms. The summed E-state index contributed by atoms with van der Waals surface area (Å²) >= 11 is 1.69. The predicted octanol–water partition coefficient (Wildman–Crippen LogP) is 3.46. The van der Waals surface area contributed by atoms with Gasteiger partial charge in [-0.05, 0) is 24.7 Å².